The molecule has 1 atom stereocenters. The van der Waals surface area contributed by atoms with E-state index < -0.39 is 11.8 Å². The van der Waals surface area contributed by atoms with Gasteiger partial charge in [0.2, 0.25) is 0 Å². The van der Waals surface area contributed by atoms with Crippen molar-refractivity contribution in [1.82, 2.24) is 8.01 Å². The number of amides is 2. The van der Waals surface area contributed by atoms with E-state index in [1.165, 1.54) is 8.01 Å². The Morgan fingerprint density at radius 1 is 1.64 bits per heavy atom. The third-order valence-electron chi connectivity index (χ3n) is 1.97. The Bertz CT molecular complexity index is 195. The van der Waals surface area contributed by atoms with Gasteiger partial charge in [-0.2, -0.15) is 0 Å². The summed E-state index contributed by atoms with van der Waals surface area (Å²) < 4.78 is 1.51. The molecular weight excluding hydrogens is 259 g/mol. The van der Waals surface area contributed by atoms with E-state index >= 15 is 0 Å². The highest BCUT2D eigenvalue weighted by molar-refractivity contribution is 14.1. The molecule has 0 aromatic heterocycles. The van der Waals surface area contributed by atoms with Crippen LogP contribution in [0.2, 0.25) is 0 Å². The highest BCUT2D eigenvalue weighted by Crippen LogP contribution is 2.32. The van der Waals surface area contributed by atoms with Crippen LogP contribution in [0.3, 0.4) is 0 Å². The van der Waals surface area contributed by atoms with Gasteiger partial charge in [-0.1, -0.05) is 0 Å². The molecule has 1 heterocycles. The van der Waals surface area contributed by atoms with Crippen molar-refractivity contribution in [2.45, 2.75) is 25.6 Å². The smallest absolute Gasteiger partial charge is 0.331 e. The summed E-state index contributed by atoms with van der Waals surface area (Å²) in [5.41, 5.74) is -0.494. The van der Waals surface area contributed by atoms with Gasteiger partial charge in [0.15, 0.2) is 6.23 Å². The van der Waals surface area contributed by atoms with Crippen LogP contribution in [0.25, 0.3) is 0 Å². The predicted octanol–water partition coefficient (Wildman–Crippen LogP) is 0.801. The molecule has 64 valence electrons. The van der Waals surface area contributed by atoms with Crippen LogP contribution in [0.5, 0.6) is 0 Å². The Balaban J connectivity index is 2.96. The summed E-state index contributed by atoms with van der Waals surface area (Å²) in [4.78, 5) is 12.5. The Kier molecular flexibility index (Phi) is 2.04. The van der Waals surface area contributed by atoms with Crippen LogP contribution < -0.4 is 0 Å². The van der Waals surface area contributed by atoms with Gasteiger partial charge in [-0.25, -0.2) is 4.79 Å². The number of hydrogen-bond donors (Lipinski definition) is 1. The molecule has 2 amide bonds. The summed E-state index contributed by atoms with van der Waals surface area (Å²) in [6.07, 6.45) is -0.716. The molecule has 0 aromatic rings. The topological polar surface area (TPSA) is 43.8 Å². The van der Waals surface area contributed by atoms with Gasteiger partial charge >= 0.3 is 6.03 Å². The molecule has 0 radical (unpaired) electrons. The summed E-state index contributed by atoms with van der Waals surface area (Å²) in [5.74, 6) is 0. The Morgan fingerprint density at radius 3 is 2.18 bits per heavy atom. The second-order valence-corrected chi connectivity index (χ2v) is 4.17. The van der Waals surface area contributed by atoms with E-state index in [0.29, 0.717) is 0 Å². The number of carbonyl (C=O) groups is 1. The van der Waals surface area contributed by atoms with E-state index in [9.17, 15) is 9.90 Å². The van der Waals surface area contributed by atoms with Crippen molar-refractivity contribution in [2.75, 3.05) is 7.05 Å². The second kappa shape index (κ2) is 2.48. The highest BCUT2D eigenvalue weighted by atomic mass is 127. The first-order valence-electron chi connectivity index (χ1n) is 3.30. The molecular formula is C6H11IN2O2. The Labute approximate surface area is 79.7 Å². The maximum Gasteiger partial charge on any atom is 0.331 e. The summed E-state index contributed by atoms with van der Waals surface area (Å²) >= 11 is 1.91. The highest BCUT2D eigenvalue weighted by Gasteiger charge is 2.48. The number of nitrogens with zero attached hydrogens (tertiary/aromatic N) is 2. The molecule has 4 nitrogen and oxygen atoms in total. The minimum atomic E-state index is -0.716. The fourth-order valence-corrected chi connectivity index (χ4v) is 1.65. The molecule has 0 bridgehead atoms. The normalized spacial score (nSPS) is 29.9. The number of aliphatic hydroxyl groups is 1. The predicted molar refractivity (Wildman–Crippen MR) is 49.1 cm³/mol. The molecule has 1 fully saturated rings. The zero-order valence-corrected chi connectivity index (χ0v) is 8.86. The van der Waals surface area contributed by atoms with E-state index in [0.717, 1.165) is 0 Å². The van der Waals surface area contributed by atoms with Gasteiger partial charge in [-0.05, 0) is 13.8 Å². The molecule has 1 aliphatic heterocycles. The molecule has 0 spiro atoms. The van der Waals surface area contributed by atoms with Crippen molar-refractivity contribution >= 4 is 28.9 Å². The lowest BCUT2D eigenvalue weighted by Gasteiger charge is -2.26. The van der Waals surface area contributed by atoms with E-state index in [1.807, 2.05) is 36.7 Å². The molecule has 1 N–H and O–H groups in total. The van der Waals surface area contributed by atoms with Crippen LogP contribution in [0.1, 0.15) is 13.8 Å². The van der Waals surface area contributed by atoms with E-state index in [-0.39, 0.29) is 6.03 Å². The number of halogens is 1. The van der Waals surface area contributed by atoms with Gasteiger partial charge in [-0.15, -0.1) is 0 Å². The van der Waals surface area contributed by atoms with Crippen molar-refractivity contribution in [2.24, 2.45) is 0 Å². The van der Waals surface area contributed by atoms with Crippen molar-refractivity contribution in [3.63, 3.8) is 0 Å². The number of aliphatic hydroxyl groups excluding tert-OH is 1. The fraction of sp³-hybridized carbons (Fsp3) is 0.833. The van der Waals surface area contributed by atoms with E-state index in [1.54, 1.807) is 7.05 Å². The van der Waals surface area contributed by atoms with Crippen LogP contribution in [-0.4, -0.2) is 38.0 Å². The molecule has 0 saturated carbocycles. The quantitative estimate of drug-likeness (QED) is 0.522. The average molecular weight is 270 g/mol. The fourth-order valence-electron chi connectivity index (χ4n) is 1.06. The van der Waals surface area contributed by atoms with Crippen LogP contribution in [0.4, 0.5) is 4.79 Å². The zero-order valence-electron chi connectivity index (χ0n) is 6.71. The van der Waals surface area contributed by atoms with Gasteiger partial charge < -0.3 is 5.11 Å². The summed E-state index contributed by atoms with van der Waals surface area (Å²) in [6.45, 7) is 3.65. The van der Waals surface area contributed by atoms with Gasteiger partial charge in [0.25, 0.3) is 0 Å². The minimum Gasteiger partial charge on any atom is -0.371 e. The van der Waals surface area contributed by atoms with Crippen molar-refractivity contribution < 1.29 is 9.90 Å². The molecule has 5 heteroatoms. The van der Waals surface area contributed by atoms with Gasteiger partial charge in [0, 0.05) is 7.05 Å². The maximum absolute atomic E-state index is 11.2. The maximum atomic E-state index is 11.2. The van der Waals surface area contributed by atoms with Crippen molar-refractivity contribution in [3.05, 3.63) is 0 Å². The first-order valence-corrected chi connectivity index (χ1v) is 4.26. The lowest BCUT2D eigenvalue weighted by molar-refractivity contribution is 0.0202. The third kappa shape index (κ3) is 1.10. The molecule has 11 heavy (non-hydrogen) atoms. The van der Waals surface area contributed by atoms with Crippen LogP contribution >= 0.6 is 22.9 Å². The molecule has 1 saturated heterocycles. The Morgan fingerprint density at radius 2 is 2.09 bits per heavy atom. The first-order chi connectivity index (χ1) is 4.89. The van der Waals surface area contributed by atoms with Gasteiger partial charge in [0.1, 0.15) is 0 Å². The number of hydrogen-bond acceptors (Lipinski definition) is 2. The number of carbonyl (C=O) groups excluding carboxylic acids is 1. The molecule has 1 rings (SSSR count). The molecule has 1 unspecified atom stereocenters. The summed E-state index contributed by atoms with van der Waals surface area (Å²) in [7, 11) is 1.59. The van der Waals surface area contributed by atoms with Gasteiger partial charge in [-0.3, -0.25) is 8.01 Å². The average Bonchev–Trinajstić information content (AvgIpc) is 2.06. The van der Waals surface area contributed by atoms with Crippen molar-refractivity contribution in [1.29, 1.82) is 0 Å². The van der Waals surface area contributed by atoms with Crippen molar-refractivity contribution in [3.8, 4) is 0 Å². The zero-order chi connectivity index (χ0) is 8.81. The van der Waals surface area contributed by atoms with Crippen LogP contribution in [0.15, 0.2) is 0 Å². The number of likely N-dealkylation sites (N-methyl/N-ethyl adjacent to an activating group) is 1. The minimum absolute atomic E-state index is 0.150. The largest absolute Gasteiger partial charge is 0.371 e. The van der Waals surface area contributed by atoms with Gasteiger partial charge in [0.05, 0.1) is 28.4 Å². The van der Waals surface area contributed by atoms with Crippen LogP contribution in [-0.2, 0) is 0 Å². The molecule has 0 aliphatic carbocycles. The summed E-state index contributed by atoms with van der Waals surface area (Å²) in [5, 5.41) is 9.52. The Hall–Kier alpha value is -0.0400. The third-order valence-corrected chi connectivity index (χ3v) is 3.63. The van der Waals surface area contributed by atoms with Crippen LogP contribution in [0, 0.1) is 0 Å². The summed E-state index contributed by atoms with van der Waals surface area (Å²) in [6, 6.07) is -0.150. The number of urea groups is 1. The lowest BCUT2D eigenvalue weighted by atomic mass is 10.1. The second-order valence-electron chi connectivity index (χ2n) is 3.20. The SMILES string of the molecule is CN1C(=O)N(I)C(C)(C)C1O. The lowest BCUT2D eigenvalue weighted by Crippen LogP contribution is -2.42. The molecule has 0 aromatic carbocycles. The molecule has 1 aliphatic rings. The first kappa shape index (κ1) is 9.05. The van der Waals surface area contributed by atoms with E-state index in [2.05, 4.69) is 0 Å². The monoisotopic (exact) mass is 270 g/mol. The van der Waals surface area contributed by atoms with E-state index in [4.69, 9.17) is 0 Å². The number of rotatable bonds is 0. The standard InChI is InChI=1S/C6H11IN2O2/c1-6(2)4(10)8(3)5(11)9(6)7/h4,10H,1-3H3.